The number of rotatable bonds is 3. The van der Waals surface area contributed by atoms with Crippen LogP contribution >= 0.6 is 31.9 Å². The van der Waals surface area contributed by atoms with Crippen LogP contribution < -0.4 is 4.90 Å². The molecule has 0 spiro atoms. The molecule has 0 aliphatic heterocycles. The third-order valence-electron chi connectivity index (χ3n) is 6.70. The third-order valence-corrected chi connectivity index (χ3v) is 8.01. The molecule has 6 aromatic rings. The lowest BCUT2D eigenvalue weighted by atomic mass is 9.96. The summed E-state index contributed by atoms with van der Waals surface area (Å²) in [6.45, 7) is 4.25. The van der Waals surface area contributed by atoms with Gasteiger partial charge in [0.15, 0.2) is 0 Å². The standard InChI is InChI=1S/C32H23Br2N/c1-20-7-11-22(12-8-20)35(23-13-9-21(2)10-14-23)24-15-16-27-28(17-24)30-19-31(33)26-6-4-3-5-25(26)29(30)18-32(27)34/h3-19H,1-2H3. The molecule has 0 bridgehead atoms. The van der Waals surface area contributed by atoms with Crippen LogP contribution in [-0.2, 0) is 0 Å². The highest BCUT2D eigenvalue weighted by molar-refractivity contribution is 9.11. The summed E-state index contributed by atoms with van der Waals surface area (Å²) in [7, 11) is 0. The predicted octanol–water partition coefficient (Wildman–Crippen LogP) is 10.8. The second-order valence-electron chi connectivity index (χ2n) is 9.09. The van der Waals surface area contributed by atoms with E-state index in [2.05, 4.69) is 154 Å². The maximum absolute atomic E-state index is 3.86. The second kappa shape index (κ2) is 8.82. The molecule has 0 N–H and O–H groups in total. The van der Waals surface area contributed by atoms with Gasteiger partial charge in [0.25, 0.3) is 0 Å². The van der Waals surface area contributed by atoms with Crippen molar-refractivity contribution in [2.75, 3.05) is 4.90 Å². The van der Waals surface area contributed by atoms with Gasteiger partial charge in [-0.2, -0.15) is 0 Å². The van der Waals surface area contributed by atoms with Crippen LogP contribution in [0, 0.1) is 13.8 Å². The van der Waals surface area contributed by atoms with E-state index in [1.807, 2.05) is 0 Å². The van der Waals surface area contributed by atoms with Crippen molar-refractivity contribution < 1.29 is 0 Å². The lowest BCUT2D eigenvalue weighted by Crippen LogP contribution is -2.10. The first kappa shape index (κ1) is 22.3. The average molecular weight is 581 g/mol. The molecule has 0 amide bonds. The molecule has 6 aromatic carbocycles. The molecule has 0 aromatic heterocycles. The molecular formula is C32H23Br2N. The zero-order chi connectivity index (χ0) is 24.1. The zero-order valence-electron chi connectivity index (χ0n) is 19.5. The normalized spacial score (nSPS) is 11.4. The summed E-state index contributed by atoms with van der Waals surface area (Å²) in [4.78, 5) is 2.33. The minimum Gasteiger partial charge on any atom is -0.310 e. The van der Waals surface area contributed by atoms with Crippen molar-refractivity contribution in [3.8, 4) is 0 Å². The maximum Gasteiger partial charge on any atom is 0.0468 e. The summed E-state index contributed by atoms with van der Waals surface area (Å²) >= 11 is 7.70. The molecule has 0 atom stereocenters. The molecule has 0 heterocycles. The van der Waals surface area contributed by atoms with E-state index in [1.54, 1.807) is 0 Å². The first-order valence-corrected chi connectivity index (χ1v) is 13.2. The molecule has 1 nitrogen and oxygen atoms in total. The first-order chi connectivity index (χ1) is 17.0. The summed E-state index contributed by atoms with van der Waals surface area (Å²) in [6.07, 6.45) is 0. The molecule has 0 aliphatic carbocycles. The second-order valence-corrected chi connectivity index (χ2v) is 10.8. The lowest BCUT2D eigenvalue weighted by molar-refractivity contribution is 1.27. The summed E-state index contributed by atoms with van der Waals surface area (Å²) < 4.78 is 2.22. The fourth-order valence-corrected chi connectivity index (χ4v) is 6.02. The molecule has 3 heteroatoms. The highest BCUT2D eigenvalue weighted by Crippen LogP contribution is 2.42. The molecular weight excluding hydrogens is 558 g/mol. The Morgan fingerprint density at radius 1 is 0.429 bits per heavy atom. The van der Waals surface area contributed by atoms with Gasteiger partial charge in [0.05, 0.1) is 0 Å². The molecule has 0 aliphatic rings. The maximum atomic E-state index is 3.86. The SMILES string of the molecule is Cc1ccc(N(c2ccc(C)cc2)c2ccc3c(Br)cc4c5ccccc5c(Br)cc4c3c2)cc1. The molecule has 0 radical (unpaired) electrons. The van der Waals surface area contributed by atoms with Gasteiger partial charge in [-0.15, -0.1) is 0 Å². The van der Waals surface area contributed by atoms with E-state index in [0.29, 0.717) is 0 Å². The Morgan fingerprint density at radius 2 is 0.857 bits per heavy atom. The molecule has 0 saturated heterocycles. The highest BCUT2D eigenvalue weighted by Gasteiger charge is 2.16. The van der Waals surface area contributed by atoms with Crippen LogP contribution in [0.25, 0.3) is 32.3 Å². The molecule has 0 saturated carbocycles. The Labute approximate surface area is 222 Å². The van der Waals surface area contributed by atoms with E-state index >= 15 is 0 Å². The monoisotopic (exact) mass is 579 g/mol. The van der Waals surface area contributed by atoms with Crippen LogP contribution in [0.4, 0.5) is 17.1 Å². The Bertz CT molecular complexity index is 1670. The number of aryl methyl sites for hydroxylation is 2. The molecule has 170 valence electrons. The van der Waals surface area contributed by atoms with E-state index in [4.69, 9.17) is 0 Å². The Kier molecular flexibility index (Phi) is 5.63. The van der Waals surface area contributed by atoms with Gasteiger partial charge < -0.3 is 4.90 Å². The fraction of sp³-hybridized carbons (Fsp3) is 0.0625. The van der Waals surface area contributed by atoms with Crippen LogP contribution in [0.1, 0.15) is 11.1 Å². The van der Waals surface area contributed by atoms with Gasteiger partial charge >= 0.3 is 0 Å². The van der Waals surface area contributed by atoms with Gasteiger partial charge in [0.2, 0.25) is 0 Å². The highest BCUT2D eigenvalue weighted by atomic mass is 79.9. The number of anilines is 3. The van der Waals surface area contributed by atoms with Crippen molar-refractivity contribution in [1.82, 2.24) is 0 Å². The molecule has 0 fully saturated rings. The largest absolute Gasteiger partial charge is 0.310 e. The van der Waals surface area contributed by atoms with Crippen molar-refractivity contribution in [2.24, 2.45) is 0 Å². The summed E-state index contributed by atoms with van der Waals surface area (Å²) in [5.41, 5.74) is 5.92. The van der Waals surface area contributed by atoms with Crippen molar-refractivity contribution >= 4 is 81.2 Å². The Balaban J connectivity index is 1.65. The van der Waals surface area contributed by atoms with Crippen molar-refractivity contribution in [1.29, 1.82) is 0 Å². The summed E-state index contributed by atoms with van der Waals surface area (Å²) in [5.74, 6) is 0. The fourth-order valence-electron chi connectivity index (χ4n) is 4.87. The van der Waals surface area contributed by atoms with Crippen molar-refractivity contribution in [3.05, 3.63) is 123 Å². The van der Waals surface area contributed by atoms with Gasteiger partial charge in [-0.1, -0.05) is 97.6 Å². The molecule has 0 unspecified atom stereocenters. The zero-order valence-corrected chi connectivity index (χ0v) is 22.7. The van der Waals surface area contributed by atoms with Gasteiger partial charge in [0.1, 0.15) is 0 Å². The molecule has 35 heavy (non-hydrogen) atoms. The van der Waals surface area contributed by atoms with Gasteiger partial charge in [-0.3, -0.25) is 0 Å². The topological polar surface area (TPSA) is 3.24 Å². The van der Waals surface area contributed by atoms with Gasteiger partial charge in [0, 0.05) is 26.0 Å². The van der Waals surface area contributed by atoms with Crippen molar-refractivity contribution in [2.45, 2.75) is 13.8 Å². The number of halogens is 2. The minimum absolute atomic E-state index is 1.11. The summed E-state index contributed by atoms with van der Waals surface area (Å²) in [5, 5.41) is 7.39. The first-order valence-electron chi connectivity index (χ1n) is 11.7. The number of hydrogen-bond donors (Lipinski definition) is 0. The van der Waals surface area contributed by atoms with Crippen LogP contribution in [0.2, 0.25) is 0 Å². The lowest BCUT2D eigenvalue weighted by Gasteiger charge is -2.26. The van der Waals surface area contributed by atoms with Crippen LogP contribution in [-0.4, -0.2) is 0 Å². The van der Waals surface area contributed by atoms with E-state index in [-0.39, 0.29) is 0 Å². The van der Waals surface area contributed by atoms with Crippen LogP contribution in [0.3, 0.4) is 0 Å². The number of nitrogens with zero attached hydrogens (tertiary/aromatic N) is 1. The predicted molar refractivity (Wildman–Crippen MR) is 159 cm³/mol. The number of hydrogen-bond acceptors (Lipinski definition) is 1. The Morgan fingerprint density at radius 3 is 1.43 bits per heavy atom. The third kappa shape index (κ3) is 3.93. The average Bonchev–Trinajstić information content (AvgIpc) is 2.87. The molecule has 6 rings (SSSR count). The Hall–Kier alpha value is -3.14. The van der Waals surface area contributed by atoms with E-state index in [0.717, 1.165) is 26.0 Å². The van der Waals surface area contributed by atoms with E-state index in [9.17, 15) is 0 Å². The summed E-state index contributed by atoms with van der Waals surface area (Å²) in [6, 6.07) is 37.3. The minimum atomic E-state index is 1.11. The van der Waals surface area contributed by atoms with Gasteiger partial charge in [-0.25, -0.2) is 0 Å². The quantitative estimate of drug-likeness (QED) is 0.188. The van der Waals surface area contributed by atoms with Crippen LogP contribution in [0.15, 0.2) is 112 Å². The van der Waals surface area contributed by atoms with E-state index < -0.39 is 0 Å². The van der Waals surface area contributed by atoms with Gasteiger partial charge in [-0.05, 0) is 94.7 Å². The van der Waals surface area contributed by atoms with E-state index in [1.165, 1.54) is 43.4 Å². The number of fused-ring (bicyclic) bond motifs is 5. The van der Waals surface area contributed by atoms with Crippen molar-refractivity contribution in [3.63, 3.8) is 0 Å². The number of benzene rings is 6. The van der Waals surface area contributed by atoms with Crippen LogP contribution in [0.5, 0.6) is 0 Å². The smallest absolute Gasteiger partial charge is 0.0468 e.